The summed E-state index contributed by atoms with van der Waals surface area (Å²) in [7, 11) is 0.911. The first-order valence-corrected chi connectivity index (χ1v) is 21.6. The molecule has 55 heavy (non-hydrogen) atoms. The third-order valence-electron chi connectivity index (χ3n) is 11.3. The van der Waals surface area contributed by atoms with E-state index in [4.69, 9.17) is 19.9 Å². The maximum atomic E-state index is 15.3. The fourth-order valence-corrected chi connectivity index (χ4v) is 12.6. The SMILES string of the molecule is COc1ccc([Si](C)(C)[C@@H]2[C@@H](CCn3cc(CCO)nn3)O[C@]3(C(=O)N(Cc4cccc(NC(=O)c5ccc(N)cc5)c4)c4ccc(OC)cc43)[C@H]2C)cc1. The minimum absolute atomic E-state index is 0.00177. The molecule has 1 saturated heterocycles. The maximum Gasteiger partial charge on any atom is 0.264 e. The van der Waals surface area contributed by atoms with Crippen molar-refractivity contribution in [2.75, 3.05) is 36.8 Å². The highest BCUT2D eigenvalue weighted by Gasteiger charge is 2.66. The van der Waals surface area contributed by atoms with Crippen LogP contribution in [0, 0.1) is 5.92 Å². The lowest BCUT2D eigenvalue weighted by atomic mass is 9.82. The molecule has 2 aliphatic rings. The van der Waals surface area contributed by atoms with Crippen LogP contribution in [0.1, 0.15) is 40.5 Å². The number of carbonyl (C=O) groups is 2. The number of nitrogens with zero attached hydrogens (tertiary/aromatic N) is 4. The van der Waals surface area contributed by atoms with E-state index in [1.165, 1.54) is 5.19 Å². The van der Waals surface area contributed by atoms with E-state index in [2.05, 4.69) is 47.8 Å². The zero-order chi connectivity index (χ0) is 38.9. The monoisotopic (exact) mass is 760 g/mol. The number of hydrogen-bond donors (Lipinski definition) is 3. The summed E-state index contributed by atoms with van der Waals surface area (Å²) in [6, 6.07) is 28.4. The van der Waals surface area contributed by atoms with Crippen LogP contribution in [0.25, 0.3) is 0 Å². The molecule has 5 aromatic rings. The van der Waals surface area contributed by atoms with E-state index < -0.39 is 13.7 Å². The highest BCUT2D eigenvalue weighted by molar-refractivity contribution is 6.91. The van der Waals surface area contributed by atoms with Crippen LogP contribution >= 0.6 is 0 Å². The third-order valence-corrected chi connectivity index (χ3v) is 15.7. The molecule has 4 N–H and O–H groups in total. The van der Waals surface area contributed by atoms with Crippen molar-refractivity contribution in [3.05, 3.63) is 120 Å². The summed E-state index contributed by atoms with van der Waals surface area (Å²) in [5.41, 5.74) is 9.37. The first-order valence-electron chi connectivity index (χ1n) is 18.6. The Bertz CT molecular complexity index is 2170. The number of amides is 2. The van der Waals surface area contributed by atoms with Gasteiger partial charge in [0.25, 0.3) is 11.8 Å². The van der Waals surface area contributed by atoms with Gasteiger partial charge in [-0.25, -0.2) is 0 Å². The number of nitrogen functional groups attached to an aromatic ring is 1. The Morgan fingerprint density at radius 3 is 2.44 bits per heavy atom. The lowest BCUT2D eigenvalue weighted by Gasteiger charge is -2.37. The molecule has 0 saturated carbocycles. The van der Waals surface area contributed by atoms with Gasteiger partial charge in [-0.15, -0.1) is 5.10 Å². The lowest BCUT2D eigenvalue weighted by Crippen LogP contribution is -2.51. The summed E-state index contributed by atoms with van der Waals surface area (Å²) in [6.45, 7) is 7.67. The second kappa shape index (κ2) is 15.3. The number of carbonyl (C=O) groups excluding carboxylic acids is 2. The highest BCUT2D eigenvalue weighted by Crippen LogP contribution is 2.60. The smallest absolute Gasteiger partial charge is 0.264 e. The molecule has 4 atom stereocenters. The number of benzene rings is 4. The number of nitrogens with one attached hydrogen (secondary N) is 1. The molecule has 1 fully saturated rings. The van der Waals surface area contributed by atoms with Crippen molar-refractivity contribution in [3.63, 3.8) is 0 Å². The van der Waals surface area contributed by atoms with E-state index in [0.717, 1.165) is 28.3 Å². The number of rotatable bonds is 13. The Kier molecular flexibility index (Phi) is 10.5. The van der Waals surface area contributed by atoms with Gasteiger partial charge < -0.3 is 35.3 Å². The number of anilines is 3. The van der Waals surface area contributed by atoms with Crippen LogP contribution in [0.3, 0.4) is 0 Å². The quantitative estimate of drug-likeness (QED) is 0.104. The normalized spacial score (nSPS) is 20.5. The number of nitrogens with two attached hydrogens (primary N) is 1. The molecule has 13 heteroatoms. The zero-order valence-corrected chi connectivity index (χ0v) is 32.9. The number of aliphatic hydroxyl groups is 1. The van der Waals surface area contributed by atoms with Crippen molar-refractivity contribution >= 4 is 42.1 Å². The second-order valence-electron chi connectivity index (χ2n) is 14.9. The topological polar surface area (TPSA) is 154 Å². The number of fused-ring (bicyclic) bond motifs is 2. The number of aliphatic hydroxyl groups excluding tert-OH is 1. The maximum absolute atomic E-state index is 15.3. The van der Waals surface area contributed by atoms with Gasteiger partial charge in [0.05, 0.1) is 46.3 Å². The van der Waals surface area contributed by atoms with Crippen molar-refractivity contribution in [2.45, 2.75) is 63.2 Å². The van der Waals surface area contributed by atoms with Crippen molar-refractivity contribution < 1.29 is 28.9 Å². The van der Waals surface area contributed by atoms with E-state index >= 15 is 4.79 Å². The van der Waals surface area contributed by atoms with Crippen molar-refractivity contribution in [3.8, 4) is 11.5 Å². The summed E-state index contributed by atoms with van der Waals surface area (Å²) in [6.07, 6.45) is 2.61. The van der Waals surface area contributed by atoms with E-state index in [1.807, 2.05) is 65.7 Å². The van der Waals surface area contributed by atoms with Gasteiger partial charge >= 0.3 is 0 Å². The standard InChI is InChI=1S/C42H48N6O6Si/c1-27-39(55(4,5)35-16-13-33(52-2)14-17-35)38(19-21-47-26-32(20-22-49)45-46-47)54-42(27)36-24-34(53-3)15-18-37(36)48(41(42)51)25-28-7-6-8-31(23-28)44-40(50)29-9-11-30(43)12-10-29/h6-18,23-24,26-27,38-39,49H,19-22,25,43H2,1-5H3,(H,44,50)/t27-,38+,39-,42+/m0/s1. The zero-order valence-electron chi connectivity index (χ0n) is 31.9. The molecule has 4 aromatic carbocycles. The molecule has 2 amide bonds. The molecule has 0 bridgehead atoms. The van der Waals surface area contributed by atoms with Crippen molar-refractivity contribution in [1.29, 1.82) is 0 Å². The summed E-state index contributed by atoms with van der Waals surface area (Å²) < 4.78 is 20.3. The van der Waals surface area contributed by atoms with E-state index in [9.17, 15) is 9.90 Å². The summed E-state index contributed by atoms with van der Waals surface area (Å²) in [5.74, 6) is 0.837. The van der Waals surface area contributed by atoms with Gasteiger partial charge in [-0.2, -0.15) is 0 Å². The largest absolute Gasteiger partial charge is 0.497 e. The number of aryl methyl sites for hydroxylation is 1. The Hall–Kier alpha value is -5.50. The van der Waals surface area contributed by atoms with Gasteiger partial charge in [0.15, 0.2) is 5.60 Å². The number of methoxy groups -OCH3 is 2. The summed E-state index contributed by atoms with van der Waals surface area (Å²) >= 11 is 0. The molecule has 0 aliphatic carbocycles. The fourth-order valence-electron chi connectivity index (χ4n) is 8.55. The van der Waals surface area contributed by atoms with Crippen LogP contribution in [-0.2, 0) is 34.6 Å². The van der Waals surface area contributed by atoms with Crippen LogP contribution < -0.4 is 30.6 Å². The number of hydrogen-bond acceptors (Lipinski definition) is 9. The van der Waals surface area contributed by atoms with E-state index in [0.29, 0.717) is 42.1 Å². The van der Waals surface area contributed by atoms with Gasteiger partial charge in [0, 0.05) is 54.2 Å². The van der Waals surface area contributed by atoms with Crippen LogP contribution in [-0.4, -0.2) is 66.9 Å². The van der Waals surface area contributed by atoms with Gasteiger partial charge in [-0.05, 0) is 84.3 Å². The molecule has 12 nitrogen and oxygen atoms in total. The average molecular weight is 761 g/mol. The average Bonchev–Trinajstić information content (AvgIpc) is 3.84. The van der Waals surface area contributed by atoms with Gasteiger partial charge in [0.2, 0.25) is 0 Å². The second-order valence-corrected chi connectivity index (χ2v) is 19.6. The number of aromatic nitrogens is 3. The molecule has 3 heterocycles. The molecule has 0 unspecified atom stereocenters. The molecule has 1 aromatic heterocycles. The Labute approximate surface area is 322 Å². The Morgan fingerprint density at radius 2 is 1.73 bits per heavy atom. The van der Waals surface area contributed by atoms with E-state index in [1.54, 1.807) is 43.2 Å². The fraction of sp³-hybridized carbons (Fsp3) is 0.333. The summed E-state index contributed by atoms with van der Waals surface area (Å²) in [5, 5.41) is 22.2. The third kappa shape index (κ3) is 7.10. The predicted molar refractivity (Wildman–Crippen MR) is 214 cm³/mol. The van der Waals surface area contributed by atoms with Gasteiger partial charge in [-0.3, -0.25) is 14.3 Å². The molecule has 286 valence electrons. The predicted octanol–water partition coefficient (Wildman–Crippen LogP) is 5.52. The van der Waals surface area contributed by atoms with Crippen molar-refractivity contribution in [1.82, 2.24) is 15.0 Å². The van der Waals surface area contributed by atoms with E-state index in [-0.39, 0.29) is 42.5 Å². The minimum atomic E-state index is -2.38. The minimum Gasteiger partial charge on any atom is -0.497 e. The van der Waals surface area contributed by atoms with Crippen molar-refractivity contribution in [2.24, 2.45) is 5.92 Å². The Balaban J connectivity index is 1.24. The first-order chi connectivity index (χ1) is 26.5. The molecular formula is C42H48N6O6Si. The van der Waals surface area contributed by atoms with Crippen LogP contribution in [0.2, 0.25) is 18.6 Å². The lowest BCUT2D eigenvalue weighted by molar-refractivity contribution is -0.146. The molecule has 0 radical (unpaired) electrons. The molecule has 7 rings (SSSR count). The molecule has 1 spiro atoms. The van der Waals surface area contributed by atoms with Gasteiger partial charge in [-0.1, -0.05) is 54.7 Å². The van der Waals surface area contributed by atoms with Crippen LogP contribution in [0.15, 0.2) is 97.2 Å². The first kappa shape index (κ1) is 37.8. The Morgan fingerprint density at radius 1 is 1.00 bits per heavy atom. The van der Waals surface area contributed by atoms with Crippen LogP contribution in [0.4, 0.5) is 17.1 Å². The molecular weight excluding hydrogens is 713 g/mol. The summed E-state index contributed by atoms with van der Waals surface area (Å²) in [4.78, 5) is 30.2. The highest BCUT2D eigenvalue weighted by atomic mass is 28.3. The van der Waals surface area contributed by atoms with Crippen LogP contribution in [0.5, 0.6) is 11.5 Å². The van der Waals surface area contributed by atoms with Gasteiger partial charge in [0.1, 0.15) is 11.5 Å². The number of ether oxygens (including phenoxy) is 3. The molecule has 2 aliphatic heterocycles.